The van der Waals surface area contributed by atoms with Crippen molar-refractivity contribution >= 4 is 0 Å². The van der Waals surface area contributed by atoms with Gasteiger partial charge in [-0.25, -0.2) is 0 Å². The van der Waals surface area contributed by atoms with E-state index in [4.69, 9.17) is 14.6 Å². The Balaban J connectivity index is 1.74. The minimum atomic E-state index is 0.0830. The highest BCUT2D eigenvalue weighted by molar-refractivity contribution is 4.55. The van der Waals surface area contributed by atoms with E-state index in [-0.39, 0.29) is 6.29 Å². The summed E-state index contributed by atoms with van der Waals surface area (Å²) in [4.78, 5) is 0. The van der Waals surface area contributed by atoms with Crippen LogP contribution in [0.2, 0.25) is 0 Å². The molecule has 1 aliphatic rings. The fraction of sp³-hybridized carbons (Fsp3) is 1.00. The highest BCUT2D eigenvalue weighted by Gasteiger charge is 2.13. The minimum Gasteiger partial charge on any atom is -0.396 e. The second kappa shape index (κ2) is 13.5. The molecule has 0 saturated carbocycles. The summed E-state index contributed by atoms with van der Waals surface area (Å²) in [6.07, 6.45) is 15.0. The van der Waals surface area contributed by atoms with Gasteiger partial charge in [0.05, 0.1) is 0 Å². The Morgan fingerprint density at radius 3 is 2.38 bits per heavy atom. The smallest absolute Gasteiger partial charge is 0.157 e. The van der Waals surface area contributed by atoms with E-state index in [0.717, 1.165) is 26.1 Å². The molecule has 0 amide bonds. The standard InChI is InChI=1S/C18H36O3/c1-17(13-14-19)11-7-5-3-2-4-6-9-15-20-18-12-8-10-16-21-18/h17-19H,2-16H2,1H3/t17-,18?/m1/s1. The zero-order valence-electron chi connectivity index (χ0n) is 14.0. The molecule has 1 fully saturated rings. The monoisotopic (exact) mass is 300 g/mol. The first-order valence-electron chi connectivity index (χ1n) is 9.17. The third kappa shape index (κ3) is 11.1. The number of aliphatic hydroxyl groups excluding tert-OH is 1. The Labute approximate surface area is 131 Å². The summed E-state index contributed by atoms with van der Waals surface area (Å²) >= 11 is 0. The molecule has 1 unspecified atom stereocenters. The van der Waals surface area contributed by atoms with Gasteiger partial charge < -0.3 is 14.6 Å². The molecule has 0 aromatic rings. The Kier molecular flexibility index (Phi) is 12.2. The predicted octanol–water partition coefficient (Wildman–Crippen LogP) is 4.67. The molecule has 0 aromatic heterocycles. The maximum atomic E-state index is 8.85. The third-order valence-corrected chi connectivity index (χ3v) is 4.40. The number of aliphatic hydroxyl groups is 1. The first-order chi connectivity index (χ1) is 10.3. The highest BCUT2D eigenvalue weighted by atomic mass is 16.7. The van der Waals surface area contributed by atoms with Gasteiger partial charge >= 0.3 is 0 Å². The van der Waals surface area contributed by atoms with Crippen molar-refractivity contribution in [2.75, 3.05) is 19.8 Å². The van der Waals surface area contributed by atoms with Gasteiger partial charge in [0.1, 0.15) is 0 Å². The molecule has 3 heteroatoms. The first-order valence-corrected chi connectivity index (χ1v) is 9.17. The van der Waals surface area contributed by atoms with Gasteiger partial charge in [0.15, 0.2) is 6.29 Å². The third-order valence-electron chi connectivity index (χ3n) is 4.40. The van der Waals surface area contributed by atoms with Crippen LogP contribution in [0.15, 0.2) is 0 Å². The molecule has 1 aliphatic heterocycles. The van der Waals surface area contributed by atoms with Gasteiger partial charge in [-0.1, -0.05) is 51.9 Å². The number of hydrogen-bond donors (Lipinski definition) is 1. The highest BCUT2D eigenvalue weighted by Crippen LogP contribution is 2.16. The van der Waals surface area contributed by atoms with Crippen LogP contribution in [-0.4, -0.2) is 31.2 Å². The van der Waals surface area contributed by atoms with Crippen molar-refractivity contribution in [2.24, 2.45) is 5.92 Å². The van der Waals surface area contributed by atoms with E-state index in [1.165, 1.54) is 64.2 Å². The van der Waals surface area contributed by atoms with E-state index >= 15 is 0 Å². The van der Waals surface area contributed by atoms with E-state index in [1.807, 2.05) is 0 Å². The molecule has 0 radical (unpaired) electrons. The van der Waals surface area contributed by atoms with E-state index in [9.17, 15) is 0 Å². The van der Waals surface area contributed by atoms with Gasteiger partial charge in [-0.3, -0.25) is 0 Å². The zero-order chi connectivity index (χ0) is 15.2. The molecular weight excluding hydrogens is 264 g/mol. The average Bonchev–Trinajstić information content (AvgIpc) is 2.50. The van der Waals surface area contributed by atoms with Crippen LogP contribution >= 0.6 is 0 Å². The molecule has 2 atom stereocenters. The molecule has 0 aromatic carbocycles. The lowest BCUT2D eigenvalue weighted by Crippen LogP contribution is -2.22. The molecule has 1 N–H and O–H groups in total. The number of unbranched alkanes of at least 4 members (excludes halogenated alkanes) is 6. The fourth-order valence-corrected chi connectivity index (χ4v) is 2.90. The van der Waals surface area contributed by atoms with Gasteiger partial charge in [0, 0.05) is 19.8 Å². The second-order valence-electron chi connectivity index (χ2n) is 6.55. The van der Waals surface area contributed by atoms with E-state index in [2.05, 4.69) is 6.92 Å². The lowest BCUT2D eigenvalue weighted by atomic mass is 9.99. The molecule has 1 saturated heterocycles. The van der Waals surface area contributed by atoms with Crippen molar-refractivity contribution in [3.05, 3.63) is 0 Å². The van der Waals surface area contributed by atoms with Crippen LogP contribution in [0.5, 0.6) is 0 Å². The Morgan fingerprint density at radius 2 is 1.71 bits per heavy atom. The summed E-state index contributed by atoms with van der Waals surface area (Å²) < 4.78 is 11.3. The van der Waals surface area contributed by atoms with Gasteiger partial charge in [0.2, 0.25) is 0 Å². The normalized spacial score (nSPS) is 20.6. The number of hydrogen-bond acceptors (Lipinski definition) is 3. The van der Waals surface area contributed by atoms with Crippen molar-refractivity contribution in [1.29, 1.82) is 0 Å². The maximum absolute atomic E-state index is 8.85. The summed E-state index contributed by atoms with van der Waals surface area (Å²) in [5.41, 5.74) is 0. The Bertz CT molecular complexity index is 215. The van der Waals surface area contributed by atoms with E-state index < -0.39 is 0 Å². The first kappa shape index (κ1) is 18.9. The average molecular weight is 300 g/mol. The summed E-state index contributed by atoms with van der Waals surface area (Å²) in [6, 6.07) is 0. The van der Waals surface area contributed by atoms with Crippen LogP contribution in [0.1, 0.15) is 84.0 Å². The number of rotatable bonds is 13. The molecule has 0 aliphatic carbocycles. The summed E-state index contributed by atoms with van der Waals surface area (Å²) in [5, 5.41) is 8.85. The molecular formula is C18H36O3. The zero-order valence-corrected chi connectivity index (χ0v) is 14.0. The lowest BCUT2D eigenvalue weighted by Gasteiger charge is -2.22. The van der Waals surface area contributed by atoms with Crippen LogP contribution in [0.4, 0.5) is 0 Å². The van der Waals surface area contributed by atoms with Crippen molar-refractivity contribution in [1.82, 2.24) is 0 Å². The van der Waals surface area contributed by atoms with Gasteiger partial charge in [-0.2, -0.15) is 0 Å². The maximum Gasteiger partial charge on any atom is 0.157 e. The van der Waals surface area contributed by atoms with Crippen molar-refractivity contribution in [2.45, 2.75) is 90.3 Å². The van der Waals surface area contributed by atoms with Gasteiger partial charge in [-0.15, -0.1) is 0 Å². The minimum absolute atomic E-state index is 0.0830. The van der Waals surface area contributed by atoms with Crippen LogP contribution in [0.3, 0.4) is 0 Å². The van der Waals surface area contributed by atoms with Crippen LogP contribution < -0.4 is 0 Å². The summed E-state index contributed by atoms with van der Waals surface area (Å²) in [6.45, 7) is 4.33. The number of ether oxygens (including phenoxy) is 2. The molecule has 1 rings (SSSR count). The molecule has 3 nitrogen and oxygen atoms in total. The molecule has 1 heterocycles. The SMILES string of the molecule is C[C@@H](CCO)CCCCCCCCCOC1CCCCO1. The van der Waals surface area contributed by atoms with Crippen LogP contribution in [0.25, 0.3) is 0 Å². The molecule has 126 valence electrons. The fourth-order valence-electron chi connectivity index (χ4n) is 2.90. The van der Waals surface area contributed by atoms with Crippen molar-refractivity contribution in [3.8, 4) is 0 Å². The van der Waals surface area contributed by atoms with Crippen LogP contribution in [-0.2, 0) is 9.47 Å². The Morgan fingerprint density at radius 1 is 1.00 bits per heavy atom. The quantitative estimate of drug-likeness (QED) is 0.502. The van der Waals surface area contributed by atoms with E-state index in [1.54, 1.807) is 0 Å². The molecule has 21 heavy (non-hydrogen) atoms. The van der Waals surface area contributed by atoms with E-state index in [0.29, 0.717) is 12.5 Å². The van der Waals surface area contributed by atoms with Gasteiger partial charge in [-0.05, 0) is 38.0 Å². The molecule has 0 spiro atoms. The van der Waals surface area contributed by atoms with Crippen LogP contribution in [0, 0.1) is 5.92 Å². The van der Waals surface area contributed by atoms with Crippen molar-refractivity contribution < 1.29 is 14.6 Å². The largest absolute Gasteiger partial charge is 0.396 e. The van der Waals surface area contributed by atoms with Crippen molar-refractivity contribution in [3.63, 3.8) is 0 Å². The topological polar surface area (TPSA) is 38.7 Å². The second-order valence-corrected chi connectivity index (χ2v) is 6.55. The Hall–Kier alpha value is -0.120. The summed E-state index contributed by atoms with van der Waals surface area (Å²) in [7, 11) is 0. The predicted molar refractivity (Wildman–Crippen MR) is 87.3 cm³/mol. The summed E-state index contributed by atoms with van der Waals surface area (Å²) in [5.74, 6) is 0.689. The lowest BCUT2D eigenvalue weighted by molar-refractivity contribution is -0.162. The van der Waals surface area contributed by atoms with Gasteiger partial charge in [0.25, 0.3) is 0 Å². The molecule has 0 bridgehead atoms.